The zero-order valence-electron chi connectivity index (χ0n) is 11.2. The predicted octanol–water partition coefficient (Wildman–Crippen LogP) is 3.52. The molecule has 0 heterocycles. The Morgan fingerprint density at radius 2 is 1.82 bits per heavy atom. The summed E-state index contributed by atoms with van der Waals surface area (Å²) < 4.78 is 0. The van der Waals surface area contributed by atoms with Crippen LogP contribution >= 0.6 is 0 Å². The maximum Gasteiger partial charge on any atom is 0.0697 e. The van der Waals surface area contributed by atoms with E-state index in [1.165, 1.54) is 5.56 Å². The minimum atomic E-state index is -0.318. The molecule has 1 N–H and O–H groups in total. The van der Waals surface area contributed by atoms with Crippen molar-refractivity contribution < 1.29 is 0 Å². The lowest BCUT2D eigenvalue weighted by Crippen LogP contribution is -2.33. The molecular formula is C15H22N2. The smallest absolute Gasteiger partial charge is 0.0697 e. The van der Waals surface area contributed by atoms with Crippen molar-refractivity contribution >= 4 is 0 Å². The summed E-state index contributed by atoms with van der Waals surface area (Å²) in [7, 11) is 0. The van der Waals surface area contributed by atoms with E-state index in [0.717, 1.165) is 0 Å². The Bertz CT molecular complexity index is 374. The summed E-state index contributed by atoms with van der Waals surface area (Å²) in [6.07, 6.45) is 0. The number of nitriles is 1. The van der Waals surface area contributed by atoms with Crippen molar-refractivity contribution in [1.29, 1.82) is 5.26 Å². The topological polar surface area (TPSA) is 35.8 Å². The Morgan fingerprint density at radius 1 is 1.24 bits per heavy atom. The number of nitrogens with zero attached hydrogens (tertiary/aromatic N) is 1. The van der Waals surface area contributed by atoms with Gasteiger partial charge in [-0.25, -0.2) is 0 Å². The van der Waals surface area contributed by atoms with Crippen molar-refractivity contribution in [2.75, 3.05) is 6.54 Å². The third-order valence-electron chi connectivity index (χ3n) is 2.89. The predicted molar refractivity (Wildman–Crippen MR) is 71.4 cm³/mol. The molecule has 0 saturated heterocycles. The van der Waals surface area contributed by atoms with Gasteiger partial charge in [-0.3, -0.25) is 0 Å². The van der Waals surface area contributed by atoms with Gasteiger partial charge in [0.15, 0.2) is 0 Å². The first kappa shape index (κ1) is 13.7. The van der Waals surface area contributed by atoms with E-state index in [0.29, 0.717) is 18.5 Å². The highest BCUT2D eigenvalue weighted by atomic mass is 14.9. The van der Waals surface area contributed by atoms with Gasteiger partial charge in [-0.2, -0.15) is 5.26 Å². The van der Waals surface area contributed by atoms with Crippen LogP contribution in [0.4, 0.5) is 0 Å². The molecule has 1 aromatic carbocycles. The van der Waals surface area contributed by atoms with Crippen LogP contribution in [0.1, 0.15) is 39.3 Å². The fraction of sp³-hybridized carbons (Fsp3) is 0.533. The standard InChI is InChI=1S/C15H22N2/c1-12(2)14(13-8-6-5-7-9-13)17-11-15(3,4)10-16/h5-9,12,14,17H,11H2,1-4H3. The van der Waals surface area contributed by atoms with Gasteiger partial charge in [0, 0.05) is 12.6 Å². The van der Waals surface area contributed by atoms with E-state index in [1.807, 2.05) is 19.9 Å². The molecule has 0 aliphatic heterocycles. The highest BCUT2D eigenvalue weighted by molar-refractivity contribution is 5.19. The van der Waals surface area contributed by atoms with E-state index in [-0.39, 0.29) is 5.41 Å². The lowest BCUT2D eigenvalue weighted by atomic mass is 9.92. The highest BCUT2D eigenvalue weighted by Gasteiger charge is 2.21. The van der Waals surface area contributed by atoms with Gasteiger partial charge in [0.1, 0.15) is 0 Å². The molecular weight excluding hydrogens is 208 g/mol. The lowest BCUT2D eigenvalue weighted by molar-refractivity contribution is 0.351. The summed E-state index contributed by atoms with van der Waals surface area (Å²) in [5, 5.41) is 12.5. The number of nitrogens with one attached hydrogen (secondary N) is 1. The maximum absolute atomic E-state index is 9.03. The van der Waals surface area contributed by atoms with Gasteiger partial charge in [-0.15, -0.1) is 0 Å². The minimum Gasteiger partial charge on any atom is -0.308 e. The molecule has 1 atom stereocenters. The van der Waals surface area contributed by atoms with E-state index < -0.39 is 0 Å². The van der Waals surface area contributed by atoms with E-state index in [2.05, 4.69) is 49.5 Å². The first-order chi connectivity index (χ1) is 7.96. The van der Waals surface area contributed by atoms with Crippen LogP contribution in [-0.4, -0.2) is 6.54 Å². The molecule has 2 nitrogen and oxygen atoms in total. The van der Waals surface area contributed by atoms with Gasteiger partial charge in [-0.05, 0) is 25.3 Å². The number of benzene rings is 1. The molecule has 92 valence electrons. The maximum atomic E-state index is 9.03. The van der Waals surface area contributed by atoms with Crippen LogP contribution in [-0.2, 0) is 0 Å². The average Bonchev–Trinajstić information content (AvgIpc) is 2.30. The van der Waals surface area contributed by atoms with Crippen molar-refractivity contribution in [2.45, 2.75) is 33.7 Å². The summed E-state index contributed by atoms with van der Waals surface area (Å²) in [5.74, 6) is 0.506. The third kappa shape index (κ3) is 4.20. The second kappa shape index (κ2) is 5.84. The van der Waals surface area contributed by atoms with Gasteiger partial charge in [0.25, 0.3) is 0 Å². The van der Waals surface area contributed by atoms with Crippen molar-refractivity contribution in [1.82, 2.24) is 5.32 Å². The Morgan fingerprint density at radius 3 is 2.29 bits per heavy atom. The summed E-state index contributed by atoms with van der Waals surface area (Å²) >= 11 is 0. The molecule has 0 saturated carbocycles. The van der Waals surface area contributed by atoms with Crippen molar-refractivity contribution in [2.24, 2.45) is 11.3 Å². The molecule has 0 aromatic heterocycles. The molecule has 0 amide bonds. The summed E-state index contributed by atoms with van der Waals surface area (Å²) in [4.78, 5) is 0. The first-order valence-electron chi connectivity index (χ1n) is 6.16. The molecule has 1 rings (SSSR count). The van der Waals surface area contributed by atoms with Crippen LogP contribution in [0, 0.1) is 22.7 Å². The molecule has 0 aliphatic rings. The Labute approximate surface area is 105 Å². The van der Waals surface area contributed by atoms with Gasteiger partial charge in [-0.1, -0.05) is 44.2 Å². The number of hydrogen-bond donors (Lipinski definition) is 1. The van der Waals surface area contributed by atoms with E-state index in [9.17, 15) is 0 Å². The van der Waals surface area contributed by atoms with Crippen molar-refractivity contribution in [3.05, 3.63) is 35.9 Å². The Kier molecular flexibility index (Phi) is 4.72. The van der Waals surface area contributed by atoms with Gasteiger partial charge in [0.2, 0.25) is 0 Å². The van der Waals surface area contributed by atoms with Crippen LogP contribution in [0.3, 0.4) is 0 Å². The van der Waals surface area contributed by atoms with Crippen LogP contribution in [0.25, 0.3) is 0 Å². The molecule has 0 aliphatic carbocycles. The number of hydrogen-bond acceptors (Lipinski definition) is 2. The second-order valence-corrected chi connectivity index (χ2v) is 5.51. The highest BCUT2D eigenvalue weighted by Crippen LogP contribution is 2.23. The fourth-order valence-electron chi connectivity index (χ4n) is 1.80. The first-order valence-corrected chi connectivity index (χ1v) is 6.16. The van der Waals surface area contributed by atoms with Gasteiger partial charge >= 0.3 is 0 Å². The van der Waals surface area contributed by atoms with Gasteiger partial charge < -0.3 is 5.32 Å². The molecule has 0 spiro atoms. The van der Waals surface area contributed by atoms with Crippen LogP contribution in [0.15, 0.2) is 30.3 Å². The third-order valence-corrected chi connectivity index (χ3v) is 2.89. The lowest BCUT2D eigenvalue weighted by Gasteiger charge is -2.26. The summed E-state index contributed by atoms with van der Waals surface area (Å²) in [6, 6.07) is 13.0. The Hall–Kier alpha value is -1.33. The summed E-state index contributed by atoms with van der Waals surface area (Å²) in [6.45, 7) is 9.03. The molecule has 1 unspecified atom stereocenters. The van der Waals surface area contributed by atoms with Gasteiger partial charge in [0.05, 0.1) is 11.5 Å². The normalized spacial score (nSPS) is 13.4. The molecule has 2 heteroatoms. The van der Waals surface area contributed by atoms with Crippen LogP contribution in [0.5, 0.6) is 0 Å². The quantitative estimate of drug-likeness (QED) is 0.840. The summed E-state index contributed by atoms with van der Waals surface area (Å²) in [5.41, 5.74) is 0.971. The zero-order chi connectivity index (χ0) is 12.9. The molecule has 1 aromatic rings. The molecule has 0 radical (unpaired) electrons. The molecule has 17 heavy (non-hydrogen) atoms. The van der Waals surface area contributed by atoms with Crippen molar-refractivity contribution in [3.63, 3.8) is 0 Å². The largest absolute Gasteiger partial charge is 0.308 e. The average molecular weight is 230 g/mol. The minimum absolute atomic E-state index is 0.309. The van der Waals surface area contributed by atoms with E-state index in [1.54, 1.807) is 0 Å². The fourth-order valence-corrected chi connectivity index (χ4v) is 1.80. The molecule has 0 bridgehead atoms. The second-order valence-electron chi connectivity index (χ2n) is 5.51. The SMILES string of the molecule is CC(C)C(NCC(C)(C)C#N)c1ccccc1. The van der Waals surface area contributed by atoms with Crippen molar-refractivity contribution in [3.8, 4) is 6.07 Å². The van der Waals surface area contributed by atoms with Crippen LogP contribution < -0.4 is 5.32 Å². The monoisotopic (exact) mass is 230 g/mol. The molecule has 0 fully saturated rings. The van der Waals surface area contributed by atoms with E-state index >= 15 is 0 Å². The zero-order valence-corrected chi connectivity index (χ0v) is 11.2. The van der Waals surface area contributed by atoms with E-state index in [4.69, 9.17) is 5.26 Å². The Balaban J connectivity index is 2.73. The van der Waals surface area contributed by atoms with Crippen LogP contribution in [0.2, 0.25) is 0 Å². The number of rotatable bonds is 5.